The highest BCUT2D eigenvalue weighted by Gasteiger charge is 2.62. The molecule has 0 aromatic rings. The van der Waals surface area contributed by atoms with Gasteiger partial charge in [-0.15, -0.1) is 0 Å². The Balaban J connectivity index is 1.49. The Bertz CT molecular complexity index is 548. The lowest BCUT2D eigenvalue weighted by atomic mass is 9.40. The van der Waals surface area contributed by atoms with Crippen molar-refractivity contribution in [1.29, 1.82) is 0 Å². The van der Waals surface area contributed by atoms with E-state index >= 15 is 0 Å². The molecule has 4 aliphatic rings. The zero-order valence-corrected chi connectivity index (χ0v) is 20.2. The molecule has 0 bridgehead atoms. The van der Waals surface area contributed by atoms with Gasteiger partial charge in [0.05, 0.1) is 0 Å². The molecule has 162 valence electrons. The van der Waals surface area contributed by atoms with Crippen molar-refractivity contribution in [3.05, 3.63) is 0 Å². The minimum atomic E-state index is 0.649. The Morgan fingerprint density at radius 3 is 2.25 bits per heavy atom. The Morgan fingerprint density at radius 2 is 1.50 bits per heavy atom. The van der Waals surface area contributed by atoms with E-state index in [1.165, 1.54) is 51.4 Å². The standard InChI is InChI=1S/C28H50/c1-20(2)10-9-11-21(3)23-12-13-24-22-14-18-26(4)16-7-8-17-28(26,6)25(22)15-19-27(23,24)5/h20-25H,7-19H2,1-6H3/t21-,22?,23-,24?,25?,26-,27-,28-/m1/s1. The minimum Gasteiger partial charge on any atom is -0.0628 e. The molecule has 8 atom stereocenters. The van der Waals surface area contributed by atoms with Gasteiger partial charge in [0, 0.05) is 0 Å². The summed E-state index contributed by atoms with van der Waals surface area (Å²) in [6.07, 6.45) is 19.7. The quantitative estimate of drug-likeness (QED) is 0.442. The van der Waals surface area contributed by atoms with E-state index in [1.807, 2.05) is 0 Å². The first-order valence-electron chi connectivity index (χ1n) is 13.2. The lowest BCUT2D eigenvalue weighted by molar-refractivity contribution is -0.154. The molecule has 0 saturated heterocycles. The molecule has 3 unspecified atom stereocenters. The molecule has 0 nitrogen and oxygen atoms in total. The summed E-state index contributed by atoms with van der Waals surface area (Å²) in [5.41, 5.74) is 1.97. The topological polar surface area (TPSA) is 0 Å². The zero-order valence-electron chi connectivity index (χ0n) is 20.2. The van der Waals surface area contributed by atoms with Crippen LogP contribution < -0.4 is 0 Å². The molecule has 0 aromatic carbocycles. The maximum absolute atomic E-state index is 2.75. The first-order valence-corrected chi connectivity index (χ1v) is 13.2. The van der Waals surface area contributed by atoms with Crippen LogP contribution in [0.15, 0.2) is 0 Å². The molecular weight excluding hydrogens is 336 g/mol. The molecule has 0 aliphatic heterocycles. The van der Waals surface area contributed by atoms with Crippen LogP contribution in [-0.2, 0) is 0 Å². The highest BCUT2D eigenvalue weighted by molar-refractivity contribution is 5.12. The van der Waals surface area contributed by atoms with E-state index in [-0.39, 0.29) is 0 Å². The predicted molar refractivity (Wildman–Crippen MR) is 122 cm³/mol. The van der Waals surface area contributed by atoms with Gasteiger partial charge in [-0.05, 0) is 103 Å². The Kier molecular flexibility index (Phi) is 5.77. The van der Waals surface area contributed by atoms with Gasteiger partial charge in [-0.1, -0.05) is 73.6 Å². The Morgan fingerprint density at radius 1 is 0.750 bits per heavy atom. The van der Waals surface area contributed by atoms with Crippen LogP contribution >= 0.6 is 0 Å². The van der Waals surface area contributed by atoms with Gasteiger partial charge < -0.3 is 0 Å². The smallest absolute Gasteiger partial charge is 0.0241 e. The van der Waals surface area contributed by atoms with E-state index in [0.717, 1.165) is 35.5 Å². The van der Waals surface area contributed by atoms with Crippen LogP contribution in [-0.4, -0.2) is 0 Å². The summed E-state index contributed by atoms with van der Waals surface area (Å²) in [5, 5.41) is 0. The second-order valence-electron chi connectivity index (χ2n) is 13.1. The third-order valence-corrected chi connectivity index (χ3v) is 11.5. The number of hydrogen-bond donors (Lipinski definition) is 0. The van der Waals surface area contributed by atoms with Gasteiger partial charge in [0.15, 0.2) is 0 Å². The molecule has 0 N–H and O–H groups in total. The molecule has 4 fully saturated rings. The van der Waals surface area contributed by atoms with Crippen molar-refractivity contribution in [3.63, 3.8) is 0 Å². The predicted octanol–water partition coefficient (Wildman–Crippen LogP) is 8.89. The van der Waals surface area contributed by atoms with Crippen molar-refractivity contribution >= 4 is 0 Å². The van der Waals surface area contributed by atoms with Crippen LogP contribution in [0.4, 0.5) is 0 Å². The fourth-order valence-corrected chi connectivity index (χ4v) is 9.63. The second kappa shape index (κ2) is 7.60. The van der Waals surface area contributed by atoms with E-state index < -0.39 is 0 Å². The average molecular weight is 387 g/mol. The molecule has 28 heavy (non-hydrogen) atoms. The zero-order chi connectivity index (χ0) is 20.2. The number of fused-ring (bicyclic) bond motifs is 5. The summed E-state index contributed by atoms with van der Waals surface area (Å²) >= 11 is 0. The molecule has 0 heterocycles. The summed E-state index contributed by atoms with van der Waals surface area (Å²) < 4.78 is 0. The van der Waals surface area contributed by atoms with Gasteiger partial charge in [0.25, 0.3) is 0 Å². The van der Waals surface area contributed by atoms with Crippen LogP contribution in [0.5, 0.6) is 0 Å². The lowest BCUT2D eigenvalue weighted by Gasteiger charge is -2.65. The highest BCUT2D eigenvalue weighted by Crippen LogP contribution is 2.71. The summed E-state index contributed by atoms with van der Waals surface area (Å²) in [7, 11) is 0. The summed E-state index contributed by atoms with van der Waals surface area (Å²) in [4.78, 5) is 0. The van der Waals surface area contributed by atoms with E-state index in [1.54, 1.807) is 32.1 Å². The normalized spacial score (nSPS) is 49.4. The van der Waals surface area contributed by atoms with Crippen LogP contribution in [0, 0.1) is 51.8 Å². The Hall–Kier alpha value is 0. The SMILES string of the molecule is CC(C)CCC[C@@H](C)[C@H]1CCC2C3CC[C@@]4(C)CCCC[C@]4(C)C3CC[C@@]21C. The van der Waals surface area contributed by atoms with Gasteiger partial charge >= 0.3 is 0 Å². The van der Waals surface area contributed by atoms with Gasteiger partial charge in [-0.25, -0.2) is 0 Å². The number of hydrogen-bond acceptors (Lipinski definition) is 0. The van der Waals surface area contributed by atoms with Crippen molar-refractivity contribution in [3.8, 4) is 0 Å². The fraction of sp³-hybridized carbons (Fsp3) is 1.00. The van der Waals surface area contributed by atoms with Gasteiger partial charge in [-0.3, -0.25) is 0 Å². The molecule has 0 spiro atoms. The van der Waals surface area contributed by atoms with Crippen molar-refractivity contribution in [1.82, 2.24) is 0 Å². The lowest BCUT2D eigenvalue weighted by Crippen LogP contribution is -2.56. The van der Waals surface area contributed by atoms with Crippen molar-refractivity contribution < 1.29 is 0 Å². The molecule has 4 aliphatic carbocycles. The van der Waals surface area contributed by atoms with Crippen molar-refractivity contribution in [2.75, 3.05) is 0 Å². The molecule has 0 heteroatoms. The van der Waals surface area contributed by atoms with Gasteiger partial charge in [0.2, 0.25) is 0 Å². The molecule has 4 saturated carbocycles. The Labute approximate surface area is 177 Å². The molecule has 0 aromatic heterocycles. The fourth-order valence-electron chi connectivity index (χ4n) is 9.63. The number of rotatable bonds is 5. The minimum absolute atomic E-state index is 0.649. The average Bonchev–Trinajstić information content (AvgIpc) is 2.99. The van der Waals surface area contributed by atoms with E-state index in [4.69, 9.17) is 0 Å². The molecular formula is C28H50. The molecule has 0 amide bonds. The van der Waals surface area contributed by atoms with E-state index in [2.05, 4.69) is 41.5 Å². The van der Waals surface area contributed by atoms with Crippen molar-refractivity contribution in [2.24, 2.45) is 51.8 Å². The third-order valence-electron chi connectivity index (χ3n) is 11.5. The largest absolute Gasteiger partial charge is 0.0628 e. The van der Waals surface area contributed by atoms with Gasteiger partial charge in [0.1, 0.15) is 0 Å². The van der Waals surface area contributed by atoms with Crippen LogP contribution in [0.3, 0.4) is 0 Å². The first-order chi connectivity index (χ1) is 13.2. The van der Waals surface area contributed by atoms with Gasteiger partial charge in [-0.2, -0.15) is 0 Å². The van der Waals surface area contributed by atoms with Crippen LogP contribution in [0.1, 0.15) is 125 Å². The second-order valence-corrected chi connectivity index (χ2v) is 13.1. The maximum atomic E-state index is 2.75. The van der Waals surface area contributed by atoms with Crippen LogP contribution in [0.2, 0.25) is 0 Å². The maximum Gasteiger partial charge on any atom is -0.0241 e. The molecule has 4 rings (SSSR count). The first kappa shape index (κ1) is 21.2. The molecule has 0 radical (unpaired) electrons. The van der Waals surface area contributed by atoms with E-state index in [0.29, 0.717) is 16.2 Å². The summed E-state index contributed by atoms with van der Waals surface area (Å²) in [5.74, 6) is 5.99. The third kappa shape index (κ3) is 3.22. The van der Waals surface area contributed by atoms with Crippen molar-refractivity contribution in [2.45, 2.75) is 125 Å². The highest BCUT2D eigenvalue weighted by atomic mass is 14.7. The van der Waals surface area contributed by atoms with Crippen LogP contribution in [0.25, 0.3) is 0 Å². The summed E-state index contributed by atoms with van der Waals surface area (Å²) in [6, 6.07) is 0. The van der Waals surface area contributed by atoms with E-state index in [9.17, 15) is 0 Å². The summed E-state index contributed by atoms with van der Waals surface area (Å²) in [6.45, 7) is 15.6. The monoisotopic (exact) mass is 386 g/mol.